The number of hydrogen-bond donors (Lipinski definition) is 3. The van der Waals surface area contributed by atoms with Gasteiger partial charge in [-0.3, -0.25) is 14.9 Å². The van der Waals surface area contributed by atoms with Crippen LogP contribution in [-0.4, -0.2) is 51.2 Å². The van der Waals surface area contributed by atoms with Crippen molar-refractivity contribution in [2.75, 3.05) is 18.8 Å². The number of benzene rings is 1. The van der Waals surface area contributed by atoms with Crippen LogP contribution in [0, 0.1) is 10.1 Å². The molecule has 1 aromatic rings. The molecule has 2 unspecified atom stereocenters. The molecule has 2 atom stereocenters. The molecule has 2 rings (SSSR count). The maximum absolute atomic E-state index is 12.0. The first kappa shape index (κ1) is 13.2. The molecule has 0 bridgehead atoms. The van der Waals surface area contributed by atoms with Crippen molar-refractivity contribution in [2.24, 2.45) is 0 Å². The number of carbonyl (C=O) groups excluding carboxylic acids is 1. The molecule has 1 fully saturated rings. The van der Waals surface area contributed by atoms with Gasteiger partial charge in [-0.15, -0.1) is 0 Å². The normalized spacial score (nSPS) is 22.5. The summed E-state index contributed by atoms with van der Waals surface area (Å²) in [5.74, 6) is -0.433. The third-order valence-corrected chi connectivity index (χ3v) is 3.02. The highest BCUT2D eigenvalue weighted by Crippen LogP contribution is 2.23. The Labute approximate surface area is 108 Å². The molecule has 1 amide bonds. The predicted molar refractivity (Wildman–Crippen MR) is 65.4 cm³/mol. The minimum absolute atomic E-state index is 0.0247. The third-order valence-electron chi connectivity index (χ3n) is 3.02. The van der Waals surface area contributed by atoms with E-state index in [1.54, 1.807) is 0 Å². The topological polar surface area (TPSA) is 130 Å². The number of amides is 1. The second-order valence-corrected chi connectivity index (χ2v) is 4.38. The van der Waals surface area contributed by atoms with E-state index in [9.17, 15) is 25.1 Å². The zero-order valence-corrected chi connectivity index (χ0v) is 9.89. The fourth-order valence-corrected chi connectivity index (χ4v) is 1.97. The minimum atomic E-state index is -0.973. The second kappa shape index (κ2) is 4.82. The zero-order chi connectivity index (χ0) is 14.2. The Balaban J connectivity index is 2.21. The number of nitrogens with two attached hydrogens (primary N) is 1. The van der Waals surface area contributed by atoms with Crippen molar-refractivity contribution < 1.29 is 19.9 Å². The van der Waals surface area contributed by atoms with Crippen LogP contribution in [0.2, 0.25) is 0 Å². The first-order chi connectivity index (χ1) is 8.90. The summed E-state index contributed by atoms with van der Waals surface area (Å²) >= 11 is 0. The molecule has 102 valence electrons. The van der Waals surface area contributed by atoms with Crippen LogP contribution < -0.4 is 5.73 Å². The molecule has 0 saturated carbocycles. The average Bonchev–Trinajstić information content (AvgIpc) is 2.68. The van der Waals surface area contributed by atoms with E-state index in [2.05, 4.69) is 0 Å². The van der Waals surface area contributed by atoms with Crippen LogP contribution in [0.3, 0.4) is 0 Å². The smallest absolute Gasteiger partial charge is 0.292 e. The molecule has 1 aromatic carbocycles. The Bertz CT molecular complexity index is 523. The lowest BCUT2D eigenvalue weighted by molar-refractivity contribution is -0.383. The van der Waals surface area contributed by atoms with Gasteiger partial charge in [0.25, 0.3) is 11.6 Å². The Morgan fingerprint density at radius 2 is 1.95 bits per heavy atom. The molecule has 1 aliphatic rings. The second-order valence-electron chi connectivity index (χ2n) is 4.38. The van der Waals surface area contributed by atoms with Crippen molar-refractivity contribution >= 4 is 17.3 Å². The van der Waals surface area contributed by atoms with Crippen LogP contribution in [0.4, 0.5) is 11.4 Å². The lowest BCUT2D eigenvalue weighted by Crippen LogP contribution is -2.29. The summed E-state index contributed by atoms with van der Waals surface area (Å²) in [6.07, 6.45) is -1.95. The highest BCUT2D eigenvalue weighted by molar-refractivity contribution is 5.96. The Kier molecular flexibility index (Phi) is 3.36. The van der Waals surface area contributed by atoms with E-state index in [0.717, 1.165) is 6.07 Å². The van der Waals surface area contributed by atoms with E-state index >= 15 is 0 Å². The molecule has 8 heteroatoms. The number of aliphatic hydroxyl groups is 2. The highest BCUT2D eigenvalue weighted by Gasteiger charge is 2.33. The number of carbonyl (C=O) groups is 1. The Morgan fingerprint density at radius 1 is 1.37 bits per heavy atom. The molecular weight excluding hydrogens is 254 g/mol. The highest BCUT2D eigenvalue weighted by atomic mass is 16.6. The summed E-state index contributed by atoms with van der Waals surface area (Å²) in [7, 11) is 0. The minimum Gasteiger partial charge on any atom is -0.393 e. The van der Waals surface area contributed by atoms with Gasteiger partial charge in [-0.1, -0.05) is 0 Å². The molecular formula is C11H13N3O5. The van der Waals surface area contributed by atoms with Gasteiger partial charge in [0, 0.05) is 24.7 Å². The standard InChI is InChI=1S/C11H13N3O5/c12-7-3-6(1-2-8(7)14(18)19)11(17)13-4-9(15)10(16)5-13/h1-3,9-10,15-16H,4-5,12H2. The van der Waals surface area contributed by atoms with Crippen LogP contribution in [0.15, 0.2) is 18.2 Å². The third kappa shape index (κ3) is 2.49. The van der Waals surface area contributed by atoms with E-state index in [0.29, 0.717) is 0 Å². The van der Waals surface area contributed by atoms with Crippen LogP contribution >= 0.6 is 0 Å². The summed E-state index contributed by atoms with van der Waals surface area (Å²) in [5, 5.41) is 29.4. The van der Waals surface area contributed by atoms with Gasteiger partial charge in [0.2, 0.25) is 0 Å². The number of nitrogens with zero attached hydrogens (tertiary/aromatic N) is 2. The number of nitro groups is 1. The maximum atomic E-state index is 12.0. The number of likely N-dealkylation sites (tertiary alicyclic amines) is 1. The maximum Gasteiger partial charge on any atom is 0.292 e. The Morgan fingerprint density at radius 3 is 2.42 bits per heavy atom. The van der Waals surface area contributed by atoms with E-state index in [1.807, 2.05) is 0 Å². The quantitative estimate of drug-likeness (QED) is 0.371. The summed E-state index contributed by atoms with van der Waals surface area (Å²) < 4.78 is 0. The first-order valence-electron chi connectivity index (χ1n) is 5.59. The fourth-order valence-electron chi connectivity index (χ4n) is 1.97. The van der Waals surface area contributed by atoms with E-state index in [1.165, 1.54) is 17.0 Å². The van der Waals surface area contributed by atoms with Crippen LogP contribution in [0.25, 0.3) is 0 Å². The monoisotopic (exact) mass is 267 g/mol. The number of nitrogen functional groups attached to an aromatic ring is 1. The van der Waals surface area contributed by atoms with Crippen molar-refractivity contribution in [3.63, 3.8) is 0 Å². The van der Waals surface area contributed by atoms with Crippen molar-refractivity contribution in [1.82, 2.24) is 4.90 Å². The summed E-state index contributed by atoms with van der Waals surface area (Å²) in [6, 6.07) is 3.68. The fraction of sp³-hybridized carbons (Fsp3) is 0.364. The largest absolute Gasteiger partial charge is 0.393 e. The predicted octanol–water partition coefficient (Wildman–Crippen LogP) is -0.645. The molecule has 1 saturated heterocycles. The van der Waals surface area contributed by atoms with Gasteiger partial charge in [-0.2, -0.15) is 0 Å². The number of rotatable bonds is 2. The number of nitro benzene ring substituents is 1. The molecule has 0 radical (unpaired) electrons. The molecule has 4 N–H and O–H groups in total. The summed E-state index contributed by atoms with van der Waals surface area (Å²) in [5.41, 5.74) is 5.32. The van der Waals surface area contributed by atoms with Crippen LogP contribution in [-0.2, 0) is 0 Å². The molecule has 19 heavy (non-hydrogen) atoms. The molecule has 0 aliphatic carbocycles. The van der Waals surface area contributed by atoms with Crippen molar-refractivity contribution in [1.29, 1.82) is 0 Å². The van der Waals surface area contributed by atoms with E-state index in [4.69, 9.17) is 5.73 Å². The molecule has 8 nitrogen and oxygen atoms in total. The molecule has 0 aromatic heterocycles. The zero-order valence-electron chi connectivity index (χ0n) is 9.89. The van der Waals surface area contributed by atoms with Crippen LogP contribution in [0.1, 0.15) is 10.4 Å². The molecule has 1 aliphatic heterocycles. The summed E-state index contributed by atoms with van der Waals surface area (Å²) in [6.45, 7) is 0.0494. The first-order valence-corrected chi connectivity index (χ1v) is 5.59. The average molecular weight is 267 g/mol. The number of aliphatic hydroxyl groups excluding tert-OH is 2. The number of anilines is 1. The van der Waals surface area contributed by atoms with E-state index in [-0.39, 0.29) is 30.0 Å². The SMILES string of the molecule is Nc1cc(C(=O)N2CC(O)C(O)C2)ccc1[N+](=O)[O-]. The van der Waals surface area contributed by atoms with Gasteiger partial charge in [0.05, 0.1) is 17.1 Å². The van der Waals surface area contributed by atoms with Gasteiger partial charge in [0.15, 0.2) is 0 Å². The molecule has 1 heterocycles. The van der Waals surface area contributed by atoms with Crippen molar-refractivity contribution in [3.05, 3.63) is 33.9 Å². The summed E-state index contributed by atoms with van der Waals surface area (Å²) in [4.78, 5) is 23.3. The van der Waals surface area contributed by atoms with Gasteiger partial charge < -0.3 is 20.8 Å². The Hall–Kier alpha value is -2.19. The number of β-amino-alcohol motifs (C(OH)–C–C–N with tert-alkyl or cyclic N) is 2. The van der Waals surface area contributed by atoms with E-state index < -0.39 is 23.0 Å². The van der Waals surface area contributed by atoms with Gasteiger partial charge in [0.1, 0.15) is 5.69 Å². The number of hydrogen-bond acceptors (Lipinski definition) is 6. The van der Waals surface area contributed by atoms with Crippen LogP contribution in [0.5, 0.6) is 0 Å². The van der Waals surface area contributed by atoms with Crippen molar-refractivity contribution in [3.8, 4) is 0 Å². The van der Waals surface area contributed by atoms with Crippen molar-refractivity contribution in [2.45, 2.75) is 12.2 Å². The van der Waals surface area contributed by atoms with Gasteiger partial charge in [-0.25, -0.2) is 0 Å². The lowest BCUT2D eigenvalue weighted by Gasteiger charge is -2.15. The lowest BCUT2D eigenvalue weighted by atomic mass is 10.1. The molecule has 0 spiro atoms. The van der Waals surface area contributed by atoms with Gasteiger partial charge >= 0.3 is 0 Å². The van der Waals surface area contributed by atoms with Gasteiger partial charge in [-0.05, 0) is 12.1 Å².